The second-order valence-electron chi connectivity index (χ2n) is 6.35. The van der Waals surface area contributed by atoms with Crippen molar-refractivity contribution in [2.24, 2.45) is 0 Å². The van der Waals surface area contributed by atoms with Crippen molar-refractivity contribution in [3.63, 3.8) is 0 Å². The lowest BCUT2D eigenvalue weighted by molar-refractivity contribution is 0.0916. The molecule has 0 spiro atoms. The van der Waals surface area contributed by atoms with Crippen LogP contribution in [0.25, 0.3) is 0 Å². The number of carbonyl (C=O) groups excluding carboxylic acids is 1. The van der Waals surface area contributed by atoms with Crippen molar-refractivity contribution in [3.05, 3.63) is 47.8 Å². The number of carbonyl (C=O) groups is 1. The number of hydrogen-bond donors (Lipinski definition) is 2. The van der Waals surface area contributed by atoms with Crippen LogP contribution in [-0.2, 0) is 5.54 Å². The van der Waals surface area contributed by atoms with Gasteiger partial charge in [-0.05, 0) is 38.5 Å². The van der Waals surface area contributed by atoms with Crippen LogP contribution in [0, 0.1) is 0 Å². The first-order chi connectivity index (χ1) is 10.8. The van der Waals surface area contributed by atoms with E-state index in [0.29, 0.717) is 16.9 Å². The number of ether oxygens (including phenoxy) is 1. The molecule has 0 bridgehead atoms. The minimum absolute atomic E-state index is 0.118. The molecule has 0 aliphatic heterocycles. The molecule has 124 valence electrons. The Bertz CT molecular complexity index is 674. The van der Waals surface area contributed by atoms with Crippen LogP contribution in [0.1, 0.15) is 42.8 Å². The maximum atomic E-state index is 12.1. The van der Waals surface area contributed by atoms with Crippen molar-refractivity contribution in [2.75, 3.05) is 13.7 Å². The molecule has 0 saturated heterocycles. The third-order valence-corrected chi connectivity index (χ3v) is 3.47. The number of methoxy groups -OCH3 is 1. The molecular formula is C17H23N3O3. The first-order valence-electron chi connectivity index (χ1n) is 7.46. The lowest BCUT2D eigenvalue weighted by Crippen LogP contribution is -2.28. The van der Waals surface area contributed by atoms with Gasteiger partial charge in [-0.3, -0.25) is 9.48 Å². The molecule has 0 fully saturated rings. The van der Waals surface area contributed by atoms with Crippen molar-refractivity contribution in [3.8, 4) is 5.75 Å². The Hall–Kier alpha value is -2.34. The summed E-state index contributed by atoms with van der Waals surface area (Å²) in [5.74, 6) is 0.404. The van der Waals surface area contributed by atoms with Crippen molar-refractivity contribution >= 4 is 5.91 Å². The number of aromatic nitrogens is 2. The number of rotatable bonds is 5. The largest absolute Gasteiger partial charge is 0.497 e. The van der Waals surface area contributed by atoms with Crippen molar-refractivity contribution < 1.29 is 14.6 Å². The van der Waals surface area contributed by atoms with Gasteiger partial charge in [-0.15, -0.1) is 0 Å². The van der Waals surface area contributed by atoms with E-state index in [4.69, 9.17) is 4.74 Å². The van der Waals surface area contributed by atoms with Crippen LogP contribution in [0.15, 0.2) is 36.7 Å². The number of hydrogen-bond acceptors (Lipinski definition) is 4. The van der Waals surface area contributed by atoms with E-state index in [1.807, 2.05) is 20.8 Å². The number of benzene rings is 1. The molecule has 0 radical (unpaired) electrons. The van der Waals surface area contributed by atoms with E-state index < -0.39 is 6.10 Å². The van der Waals surface area contributed by atoms with E-state index >= 15 is 0 Å². The van der Waals surface area contributed by atoms with Crippen LogP contribution in [0.5, 0.6) is 5.75 Å². The van der Waals surface area contributed by atoms with E-state index in [1.165, 1.54) is 6.20 Å². The minimum atomic E-state index is -0.799. The lowest BCUT2D eigenvalue weighted by atomic mass is 10.1. The van der Waals surface area contributed by atoms with Crippen molar-refractivity contribution in [1.82, 2.24) is 15.1 Å². The molecule has 1 heterocycles. The summed E-state index contributed by atoms with van der Waals surface area (Å²) in [6, 6.07) is 7.13. The van der Waals surface area contributed by atoms with Crippen LogP contribution in [0.2, 0.25) is 0 Å². The average molecular weight is 317 g/mol. The Kier molecular flexibility index (Phi) is 5.05. The Labute approximate surface area is 136 Å². The zero-order valence-corrected chi connectivity index (χ0v) is 13.9. The van der Waals surface area contributed by atoms with E-state index in [2.05, 4.69) is 10.4 Å². The second-order valence-corrected chi connectivity index (χ2v) is 6.35. The quantitative estimate of drug-likeness (QED) is 0.885. The number of aliphatic hydroxyl groups excluding tert-OH is 1. The monoisotopic (exact) mass is 317 g/mol. The number of aliphatic hydroxyl groups is 1. The highest BCUT2D eigenvalue weighted by atomic mass is 16.5. The standard InChI is InChI=1S/C17H23N3O3/c1-17(2,3)20-11-13(9-19-20)16(22)18-10-15(21)12-6-5-7-14(8-12)23-4/h5-9,11,15,21H,10H2,1-4H3,(H,18,22). The first-order valence-corrected chi connectivity index (χ1v) is 7.46. The normalized spacial score (nSPS) is 12.7. The number of nitrogens with zero attached hydrogens (tertiary/aromatic N) is 2. The van der Waals surface area contributed by atoms with Crippen molar-refractivity contribution in [2.45, 2.75) is 32.4 Å². The van der Waals surface area contributed by atoms with Gasteiger partial charge in [-0.1, -0.05) is 12.1 Å². The third-order valence-electron chi connectivity index (χ3n) is 3.47. The summed E-state index contributed by atoms with van der Waals surface area (Å²) in [6.07, 6.45) is 2.43. The lowest BCUT2D eigenvalue weighted by Gasteiger charge is -2.18. The fraction of sp³-hybridized carbons (Fsp3) is 0.412. The van der Waals surface area contributed by atoms with Crippen molar-refractivity contribution in [1.29, 1.82) is 0 Å². The summed E-state index contributed by atoms with van der Waals surface area (Å²) >= 11 is 0. The smallest absolute Gasteiger partial charge is 0.254 e. The summed E-state index contributed by atoms with van der Waals surface area (Å²) in [5, 5.41) is 17.1. The van der Waals surface area contributed by atoms with Gasteiger partial charge >= 0.3 is 0 Å². The zero-order chi connectivity index (χ0) is 17.0. The van der Waals surface area contributed by atoms with Gasteiger partial charge in [0, 0.05) is 12.7 Å². The minimum Gasteiger partial charge on any atom is -0.497 e. The van der Waals surface area contributed by atoms with E-state index in [0.717, 1.165) is 0 Å². The van der Waals surface area contributed by atoms with Crippen LogP contribution < -0.4 is 10.1 Å². The van der Waals surface area contributed by atoms with Crippen LogP contribution >= 0.6 is 0 Å². The molecular weight excluding hydrogens is 294 g/mol. The summed E-state index contributed by atoms with van der Waals surface area (Å²) in [6.45, 7) is 6.14. The Morgan fingerprint density at radius 1 is 1.43 bits per heavy atom. The predicted molar refractivity (Wildman–Crippen MR) is 87.5 cm³/mol. The van der Waals surface area contributed by atoms with Gasteiger partial charge in [0.15, 0.2) is 0 Å². The highest BCUT2D eigenvalue weighted by Crippen LogP contribution is 2.18. The summed E-state index contributed by atoms with van der Waals surface area (Å²) < 4.78 is 6.86. The molecule has 6 heteroatoms. The topological polar surface area (TPSA) is 76.4 Å². The van der Waals surface area contributed by atoms with Crippen LogP contribution in [-0.4, -0.2) is 34.4 Å². The fourth-order valence-electron chi connectivity index (χ4n) is 2.06. The van der Waals surface area contributed by atoms with Gasteiger partial charge < -0.3 is 15.2 Å². The number of nitrogens with one attached hydrogen (secondary N) is 1. The molecule has 1 aromatic heterocycles. The molecule has 1 unspecified atom stereocenters. The first kappa shape index (κ1) is 17.0. The highest BCUT2D eigenvalue weighted by molar-refractivity contribution is 5.93. The van der Waals surface area contributed by atoms with E-state index in [9.17, 15) is 9.90 Å². The van der Waals surface area contributed by atoms with Crippen LogP contribution in [0.3, 0.4) is 0 Å². The Morgan fingerprint density at radius 3 is 2.78 bits per heavy atom. The summed E-state index contributed by atoms with van der Waals surface area (Å²) in [4.78, 5) is 12.1. The van der Waals surface area contributed by atoms with Crippen LogP contribution in [0.4, 0.5) is 0 Å². The maximum Gasteiger partial charge on any atom is 0.254 e. The molecule has 1 amide bonds. The van der Waals surface area contributed by atoms with Gasteiger partial charge in [0.05, 0.1) is 30.5 Å². The molecule has 1 aromatic carbocycles. The number of amides is 1. The molecule has 0 saturated carbocycles. The molecule has 2 N–H and O–H groups in total. The molecule has 0 aliphatic rings. The molecule has 23 heavy (non-hydrogen) atoms. The summed E-state index contributed by atoms with van der Waals surface area (Å²) in [5.41, 5.74) is 0.978. The second kappa shape index (κ2) is 6.83. The molecule has 2 aromatic rings. The molecule has 1 atom stereocenters. The highest BCUT2D eigenvalue weighted by Gasteiger charge is 2.17. The fourth-order valence-corrected chi connectivity index (χ4v) is 2.06. The van der Waals surface area contributed by atoms with Gasteiger partial charge in [0.25, 0.3) is 5.91 Å². The Balaban J connectivity index is 1.97. The SMILES string of the molecule is COc1cccc(C(O)CNC(=O)c2cnn(C(C)(C)C)c2)c1. The average Bonchev–Trinajstić information content (AvgIpc) is 3.02. The van der Waals surface area contributed by atoms with Gasteiger partial charge in [-0.25, -0.2) is 0 Å². The Morgan fingerprint density at radius 2 is 2.17 bits per heavy atom. The maximum absolute atomic E-state index is 12.1. The van der Waals surface area contributed by atoms with Gasteiger partial charge in [0.1, 0.15) is 5.75 Å². The summed E-state index contributed by atoms with van der Waals surface area (Å²) in [7, 11) is 1.57. The van der Waals surface area contributed by atoms with E-state index in [1.54, 1.807) is 42.3 Å². The zero-order valence-electron chi connectivity index (χ0n) is 13.9. The van der Waals surface area contributed by atoms with Gasteiger partial charge in [0.2, 0.25) is 0 Å². The molecule has 2 rings (SSSR count). The molecule has 6 nitrogen and oxygen atoms in total. The predicted octanol–water partition coefficient (Wildman–Crippen LogP) is 2.11. The van der Waals surface area contributed by atoms with E-state index in [-0.39, 0.29) is 18.0 Å². The third kappa shape index (κ3) is 4.32. The van der Waals surface area contributed by atoms with Gasteiger partial charge in [-0.2, -0.15) is 5.10 Å². The molecule has 0 aliphatic carbocycles.